The van der Waals surface area contributed by atoms with E-state index in [0.717, 1.165) is 22.3 Å². The van der Waals surface area contributed by atoms with Crippen molar-refractivity contribution in [1.29, 1.82) is 0 Å². The number of nitrogens with zero attached hydrogens (tertiary/aromatic N) is 3. The molecule has 0 saturated carbocycles. The Morgan fingerprint density at radius 1 is 1.24 bits per heavy atom. The molecule has 1 fully saturated rings. The number of nitrogens with one attached hydrogen (secondary N) is 1. The Morgan fingerprint density at radius 2 is 2.16 bits per heavy atom. The first-order valence-electron chi connectivity index (χ1n) is 8.07. The topological polar surface area (TPSA) is 78.3 Å². The van der Waals surface area contributed by atoms with E-state index >= 15 is 0 Å². The van der Waals surface area contributed by atoms with Gasteiger partial charge >= 0.3 is 0 Å². The summed E-state index contributed by atoms with van der Waals surface area (Å²) in [5.41, 5.74) is 1.66. The number of benzene rings is 1. The molecule has 0 radical (unpaired) electrons. The van der Waals surface area contributed by atoms with Gasteiger partial charge < -0.3 is 14.8 Å². The first-order valence-corrected chi connectivity index (χ1v) is 8.07. The molecular formula is C18H18N4O3. The molecule has 1 aliphatic rings. The largest absolute Gasteiger partial charge is 0.497 e. The van der Waals surface area contributed by atoms with Gasteiger partial charge in [0.1, 0.15) is 11.8 Å². The maximum atomic E-state index is 12.1. The molecule has 2 unspecified atom stereocenters. The summed E-state index contributed by atoms with van der Waals surface area (Å²) in [6, 6.07) is 10.6. The maximum absolute atomic E-state index is 12.1. The smallest absolute Gasteiger partial charge is 0.267 e. The molecule has 7 nitrogen and oxygen atoms in total. The van der Waals surface area contributed by atoms with E-state index in [0.29, 0.717) is 13.2 Å². The SMILES string of the molecule is COc1ccc2nccc(NC3COCC3n3ncccc3=O)c2c1. The molecule has 128 valence electrons. The predicted octanol–water partition coefficient (Wildman–Crippen LogP) is 1.85. The number of methoxy groups -OCH3 is 1. The van der Waals surface area contributed by atoms with Crippen molar-refractivity contribution in [1.82, 2.24) is 14.8 Å². The van der Waals surface area contributed by atoms with E-state index in [4.69, 9.17) is 9.47 Å². The van der Waals surface area contributed by atoms with Crippen LogP contribution in [0.4, 0.5) is 5.69 Å². The Bertz CT molecular complexity index is 956. The highest BCUT2D eigenvalue weighted by Gasteiger charge is 2.31. The molecule has 2 aromatic heterocycles. The van der Waals surface area contributed by atoms with Crippen molar-refractivity contribution < 1.29 is 9.47 Å². The summed E-state index contributed by atoms with van der Waals surface area (Å²) in [5, 5.41) is 8.64. The van der Waals surface area contributed by atoms with Crippen LogP contribution in [0.5, 0.6) is 5.75 Å². The molecule has 7 heteroatoms. The van der Waals surface area contributed by atoms with Crippen LogP contribution in [0.15, 0.2) is 53.6 Å². The number of aromatic nitrogens is 3. The molecule has 0 aliphatic carbocycles. The molecule has 0 bridgehead atoms. The van der Waals surface area contributed by atoms with Gasteiger partial charge in [-0.2, -0.15) is 5.10 Å². The van der Waals surface area contributed by atoms with E-state index < -0.39 is 0 Å². The highest BCUT2D eigenvalue weighted by atomic mass is 16.5. The number of pyridine rings is 1. The van der Waals surface area contributed by atoms with Gasteiger partial charge in [-0.15, -0.1) is 0 Å². The zero-order chi connectivity index (χ0) is 17.2. The fraction of sp³-hybridized carbons (Fsp3) is 0.278. The minimum Gasteiger partial charge on any atom is -0.497 e. The number of hydrogen-bond donors (Lipinski definition) is 1. The monoisotopic (exact) mass is 338 g/mol. The van der Waals surface area contributed by atoms with Gasteiger partial charge in [0.25, 0.3) is 5.56 Å². The van der Waals surface area contributed by atoms with Crippen LogP contribution in [0.2, 0.25) is 0 Å². The normalized spacial score (nSPS) is 19.9. The van der Waals surface area contributed by atoms with Gasteiger partial charge in [-0.05, 0) is 30.3 Å². The van der Waals surface area contributed by atoms with Gasteiger partial charge in [0.05, 0.1) is 31.9 Å². The minimum absolute atomic E-state index is 0.0654. The Morgan fingerprint density at radius 3 is 3.00 bits per heavy atom. The second-order valence-electron chi connectivity index (χ2n) is 5.90. The number of rotatable bonds is 4. The van der Waals surface area contributed by atoms with Crippen LogP contribution in [0, 0.1) is 0 Å². The van der Waals surface area contributed by atoms with Crippen molar-refractivity contribution in [2.24, 2.45) is 0 Å². The third-order valence-electron chi connectivity index (χ3n) is 4.40. The van der Waals surface area contributed by atoms with Gasteiger partial charge in [-0.1, -0.05) is 0 Å². The summed E-state index contributed by atoms with van der Waals surface area (Å²) in [6.45, 7) is 0.947. The van der Waals surface area contributed by atoms with Gasteiger partial charge in [-0.3, -0.25) is 9.78 Å². The van der Waals surface area contributed by atoms with Crippen molar-refractivity contribution in [2.45, 2.75) is 12.1 Å². The summed E-state index contributed by atoms with van der Waals surface area (Å²) in [5.74, 6) is 0.767. The van der Waals surface area contributed by atoms with Crippen LogP contribution in [0.3, 0.4) is 0 Å². The summed E-state index contributed by atoms with van der Waals surface area (Å²) >= 11 is 0. The van der Waals surface area contributed by atoms with Crippen molar-refractivity contribution >= 4 is 16.6 Å². The number of hydrogen-bond acceptors (Lipinski definition) is 6. The van der Waals surface area contributed by atoms with Gasteiger partial charge in [0.15, 0.2) is 0 Å². The van der Waals surface area contributed by atoms with Gasteiger partial charge in [0, 0.05) is 29.5 Å². The molecule has 1 saturated heterocycles. The average molecular weight is 338 g/mol. The van der Waals surface area contributed by atoms with Crippen molar-refractivity contribution in [3.05, 3.63) is 59.1 Å². The van der Waals surface area contributed by atoms with Crippen LogP contribution in [0.1, 0.15) is 6.04 Å². The van der Waals surface area contributed by atoms with E-state index in [2.05, 4.69) is 15.4 Å². The van der Waals surface area contributed by atoms with E-state index in [9.17, 15) is 4.79 Å². The zero-order valence-corrected chi connectivity index (χ0v) is 13.8. The molecule has 1 aromatic carbocycles. The van der Waals surface area contributed by atoms with Gasteiger partial charge in [-0.25, -0.2) is 4.68 Å². The molecular weight excluding hydrogens is 320 g/mol. The number of anilines is 1. The predicted molar refractivity (Wildman–Crippen MR) is 94.1 cm³/mol. The van der Waals surface area contributed by atoms with E-state index in [-0.39, 0.29) is 17.6 Å². The van der Waals surface area contributed by atoms with E-state index in [1.165, 1.54) is 10.7 Å². The maximum Gasteiger partial charge on any atom is 0.267 e. The second kappa shape index (κ2) is 6.52. The first kappa shape index (κ1) is 15.6. The summed E-state index contributed by atoms with van der Waals surface area (Å²) in [7, 11) is 1.64. The van der Waals surface area contributed by atoms with E-state index in [1.807, 2.05) is 24.3 Å². The summed E-state index contributed by atoms with van der Waals surface area (Å²) < 4.78 is 12.4. The van der Waals surface area contributed by atoms with Crippen molar-refractivity contribution in [2.75, 3.05) is 25.6 Å². The Kier molecular flexibility index (Phi) is 4.07. The number of ether oxygens (including phenoxy) is 2. The second-order valence-corrected chi connectivity index (χ2v) is 5.90. The minimum atomic E-state index is -0.164. The Hall–Kier alpha value is -2.93. The highest BCUT2D eigenvalue weighted by molar-refractivity contribution is 5.92. The van der Waals surface area contributed by atoms with E-state index in [1.54, 1.807) is 25.6 Å². The first-order chi connectivity index (χ1) is 12.3. The van der Waals surface area contributed by atoms with Gasteiger partial charge in [0.2, 0.25) is 0 Å². The highest BCUT2D eigenvalue weighted by Crippen LogP contribution is 2.29. The lowest BCUT2D eigenvalue weighted by Gasteiger charge is -2.21. The standard InChI is InChI=1S/C18H18N4O3/c1-24-12-4-5-14-13(9-12)15(6-8-19-14)21-16-10-25-11-17(16)22-18(23)3-2-7-20-22/h2-9,16-17H,10-11H2,1H3,(H,19,21). The average Bonchev–Trinajstić information content (AvgIpc) is 3.10. The molecule has 3 heterocycles. The van der Waals surface area contributed by atoms with Crippen LogP contribution in [-0.4, -0.2) is 41.1 Å². The van der Waals surface area contributed by atoms with Crippen LogP contribution in [0.25, 0.3) is 10.9 Å². The Balaban J connectivity index is 1.68. The molecule has 2 atom stereocenters. The summed E-state index contributed by atoms with van der Waals surface area (Å²) in [6.07, 6.45) is 3.37. The van der Waals surface area contributed by atoms with Crippen LogP contribution < -0.4 is 15.6 Å². The summed E-state index contributed by atoms with van der Waals surface area (Å²) in [4.78, 5) is 16.5. The van der Waals surface area contributed by atoms with Crippen LogP contribution in [-0.2, 0) is 4.74 Å². The third-order valence-corrected chi connectivity index (χ3v) is 4.40. The lowest BCUT2D eigenvalue weighted by Crippen LogP contribution is -2.36. The van der Waals surface area contributed by atoms with Crippen molar-refractivity contribution in [3.8, 4) is 5.75 Å². The lowest BCUT2D eigenvalue weighted by atomic mass is 10.1. The molecule has 0 amide bonds. The van der Waals surface area contributed by atoms with Crippen molar-refractivity contribution in [3.63, 3.8) is 0 Å². The zero-order valence-electron chi connectivity index (χ0n) is 13.8. The molecule has 25 heavy (non-hydrogen) atoms. The molecule has 1 aliphatic heterocycles. The lowest BCUT2D eigenvalue weighted by molar-refractivity contribution is 0.183. The Labute approximate surface area is 144 Å². The molecule has 4 rings (SSSR count). The fourth-order valence-corrected chi connectivity index (χ4v) is 3.12. The molecule has 3 aromatic rings. The van der Waals surface area contributed by atoms with Crippen LogP contribution >= 0.6 is 0 Å². The molecule has 1 N–H and O–H groups in total. The third kappa shape index (κ3) is 2.94. The molecule has 0 spiro atoms. The number of fused-ring (bicyclic) bond motifs is 1. The fourth-order valence-electron chi connectivity index (χ4n) is 3.12. The quantitative estimate of drug-likeness (QED) is 0.782.